The average Bonchev–Trinajstić information content (AvgIpc) is 2.89. The van der Waals surface area contributed by atoms with Crippen molar-refractivity contribution < 1.29 is 9.90 Å². The number of rotatable bonds is 3. The van der Waals surface area contributed by atoms with Gasteiger partial charge >= 0.3 is 0 Å². The van der Waals surface area contributed by atoms with Crippen LogP contribution in [-0.2, 0) is 11.3 Å². The lowest BCUT2D eigenvalue weighted by atomic mass is 10.2. The van der Waals surface area contributed by atoms with Crippen LogP contribution in [0.5, 0.6) is 0 Å². The predicted octanol–water partition coefficient (Wildman–Crippen LogP) is -0.344. The molecule has 2 aromatic rings. The lowest BCUT2D eigenvalue weighted by Crippen LogP contribution is -2.19. The van der Waals surface area contributed by atoms with Crippen LogP contribution in [0.15, 0.2) is 30.6 Å². The Hall–Kier alpha value is -2.72. The number of hydrogen-bond acceptors (Lipinski definition) is 5. The summed E-state index contributed by atoms with van der Waals surface area (Å²) in [7, 11) is 0. The summed E-state index contributed by atoms with van der Waals surface area (Å²) in [6.45, 7) is -0.157. The van der Waals surface area contributed by atoms with E-state index in [9.17, 15) is 4.79 Å². The first kappa shape index (κ1) is 12.7. The summed E-state index contributed by atoms with van der Waals surface area (Å²) < 4.78 is 1.32. The van der Waals surface area contributed by atoms with Crippen LogP contribution in [0.3, 0.4) is 0 Å². The molecule has 0 saturated carbocycles. The summed E-state index contributed by atoms with van der Waals surface area (Å²) in [6, 6.07) is 7.04. The summed E-state index contributed by atoms with van der Waals surface area (Å²) in [4.78, 5) is 11.7. The molecule has 0 fully saturated rings. The van der Waals surface area contributed by atoms with E-state index in [1.54, 1.807) is 24.3 Å². The van der Waals surface area contributed by atoms with Gasteiger partial charge in [0, 0.05) is 11.3 Å². The van der Waals surface area contributed by atoms with Crippen molar-refractivity contribution in [2.45, 2.75) is 6.54 Å². The number of carbonyl (C=O) groups is 1. The molecule has 2 N–H and O–H groups in total. The van der Waals surface area contributed by atoms with Gasteiger partial charge in [-0.3, -0.25) is 4.79 Å². The number of nitrogens with zero attached hydrogens (tertiary/aromatic N) is 4. The van der Waals surface area contributed by atoms with Gasteiger partial charge in [-0.1, -0.05) is 17.9 Å². The van der Waals surface area contributed by atoms with Crippen molar-refractivity contribution in [3.63, 3.8) is 0 Å². The minimum atomic E-state index is -0.237. The van der Waals surface area contributed by atoms with Crippen molar-refractivity contribution in [1.29, 1.82) is 0 Å². The molecule has 0 radical (unpaired) electrons. The minimum Gasteiger partial charge on any atom is -0.384 e. The van der Waals surface area contributed by atoms with Gasteiger partial charge in [-0.05, 0) is 28.6 Å². The third kappa shape index (κ3) is 3.90. The highest BCUT2D eigenvalue weighted by molar-refractivity contribution is 5.90. The van der Waals surface area contributed by atoms with Crippen LogP contribution < -0.4 is 5.32 Å². The molecule has 0 bridgehead atoms. The SMILES string of the molecule is O=C(Cn1cnnn1)Nc1cccc(C#CCO)c1. The van der Waals surface area contributed by atoms with E-state index in [0.29, 0.717) is 11.3 Å². The molecular formula is C12H11N5O2. The van der Waals surface area contributed by atoms with Crippen LogP contribution >= 0.6 is 0 Å². The van der Waals surface area contributed by atoms with Gasteiger partial charge < -0.3 is 10.4 Å². The van der Waals surface area contributed by atoms with E-state index < -0.39 is 0 Å². The van der Waals surface area contributed by atoms with Gasteiger partial charge in [-0.2, -0.15) is 0 Å². The van der Waals surface area contributed by atoms with Gasteiger partial charge in [0.25, 0.3) is 0 Å². The zero-order chi connectivity index (χ0) is 13.5. The van der Waals surface area contributed by atoms with Crippen molar-refractivity contribution in [2.24, 2.45) is 0 Å². The number of nitrogens with one attached hydrogen (secondary N) is 1. The lowest BCUT2D eigenvalue weighted by Gasteiger charge is -2.04. The molecule has 1 heterocycles. The Labute approximate surface area is 109 Å². The van der Waals surface area contributed by atoms with Gasteiger partial charge in [0.1, 0.15) is 19.5 Å². The fourth-order valence-corrected chi connectivity index (χ4v) is 1.42. The summed E-state index contributed by atoms with van der Waals surface area (Å²) >= 11 is 0. The highest BCUT2D eigenvalue weighted by atomic mass is 16.2. The van der Waals surface area contributed by atoms with Gasteiger partial charge in [0.15, 0.2) is 0 Å². The number of benzene rings is 1. The molecule has 1 amide bonds. The highest BCUT2D eigenvalue weighted by Crippen LogP contribution is 2.09. The van der Waals surface area contributed by atoms with Crippen LogP contribution in [-0.4, -0.2) is 37.8 Å². The fraction of sp³-hybridized carbons (Fsp3) is 0.167. The standard InChI is InChI=1S/C12H11N5O2/c18-6-2-4-10-3-1-5-11(7-10)14-12(19)8-17-9-13-15-16-17/h1,3,5,7,9,18H,6,8H2,(H,14,19). The van der Waals surface area contributed by atoms with Gasteiger partial charge in [0.2, 0.25) is 5.91 Å². The van der Waals surface area contributed by atoms with E-state index in [2.05, 4.69) is 32.7 Å². The summed E-state index contributed by atoms with van der Waals surface area (Å²) in [6.07, 6.45) is 1.36. The van der Waals surface area contributed by atoms with E-state index in [1.165, 1.54) is 11.0 Å². The topological polar surface area (TPSA) is 92.9 Å². The van der Waals surface area contributed by atoms with Crippen LogP contribution in [0.1, 0.15) is 5.56 Å². The quantitative estimate of drug-likeness (QED) is 0.733. The first-order valence-electron chi connectivity index (χ1n) is 5.48. The van der Waals surface area contributed by atoms with Crippen LogP contribution in [0.25, 0.3) is 0 Å². The zero-order valence-electron chi connectivity index (χ0n) is 9.95. The molecule has 0 aliphatic rings. The summed E-state index contributed by atoms with van der Waals surface area (Å²) in [5.41, 5.74) is 1.34. The van der Waals surface area contributed by atoms with Crippen LogP contribution in [0, 0.1) is 11.8 Å². The molecule has 1 aromatic heterocycles. The summed E-state index contributed by atoms with van der Waals surface area (Å²) in [5.74, 6) is 5.07. The molecule has 0 aliphatic carbocycles. The van der Waals surface area contributed by atoms with Crippen molar-refractivity contribution in [1.82, 2.24) is 20.2 Å². The third-order valence-corrected chi connectivity index (χ3v) is 2.16. The molecule has 0 atom stereocenters. The number of carbonyl (C=O) groups excluding carboxylic acids is 1. The molecule has 1 aromatic carbocycles. The molecule has 7 heteroatoms. The first-order valence-corrected chi connectivity index (χ1v) is 5.48. The number of aromatic nitrogens is 4. The van der Waals surface area contributed by atoms with Crippen LogP contribution in [0.4, 0.5) is 5.69 Å². The molecule has 0 aliphatic heterocycles. The Morgan fingerprint density at radius 1 is 1.47 bits per heavy atom. The molecule has 7 nitrogen and oxygen atoms in total. The lowest BCUT2D eigenvalue weighted by molar-refractivity contribution is -0.116. The number of amides is 1. The summed E-state index contributed by atoms with van der Waals surface area (Å²) in [5, 5.41) is 21.8. The van der Waals surface area contributed by atoms with Gasteiger partial charge in [-0.15, -0.1) is 5.10 Å². The van der Waals surface area contributed by atoms with E-state index in [4.69, 9.17) is 5.11 Å². The van der Waals surface area contributed by atoms with Crippen molar-refractivity contribution in [2.75, 3.05) is 11.9 Å². The molecule has 2 rings (SSSR count). The number of hydrogen-bond donors (Lipinski definition) is 2. The Morgan fingerprint density at radius 2 is 2.37 bits per heavy atom. The zero-order valence-corrected chi connectivity index (χ0v) is 9.95. The van der Waals surface area contributed by atoms with Crippen molar-refractivity contribution >= 4 is 11.6 Å². The average molecular weight is 257 g/mol. The largest absolute Gasteiger partial charge is 0.384 e. The molecule has 0 unspecified atom stereocenters. The van der Waals surface area contributed by atoms with E-state index in [1.807, 2.05) is 0 Å². The monoisotopic (exact) mass is 257 g/mol. The molecule has 19 heavy (non-hydrogen) atoms. The van der Waals surface area contributed by atoms with Crippen LogP contribution in [0.2, 0.25) is 0 Å². The minimum absolute atomic E-state index is 0.0412. The maximum Gasteiger partial charge on any atom is 0.246 e. The van der Waals surface area contributed by atoms with E-state index in [0.717, 1.165) is 0 Å². The van der Waals surface area contributed by atoms with Gasteiger partial charge in [-0.25, -0.2) is 4.68 Å². The number of aliphatic hydroxyl groups excluding tert-OH is 1. The highest BCUT2D eigenvalue weighted by Gasteiger charge is 2.04. The number of aliphatic hydroxyl groups is 1. The second-order valence-corrected chi connectivity index (χ2v) is 3.60. The maximum atomic E-state index is 11.7. The number of tetrazole rings is 1. The van der Waals surface area contributed by atoms with Crippen molar-refractivity contribution in [3.05, 3.63) is 36.2 Å². The molecule has 96 valence electrons. The van der Waals surface area contributed by atoms with E-state index in [-0.39, 0.29) is 19.1 Å². The smallest absolute Gasteiger partial charge is 0.246 e. The Bertz CT molecular complexity index is 613. The molecule has 0 spiro atoms. The predicted molar refractivity (Wildman–Crippen MR) is 66.9 cm³/mol. The first-order chi connectivity index (χ1) is 9.28. The Kier molecular flexibility index (Phi) is 4.21. The second kappa shape index (κ2) is 6.28. The Morgan fingerprint density at radius 3 is 3.11 bits per heavy atom. The van der Waals surface area contributed by atoms with E-state index >= 15 is 0 Å². The second-order valence-electron chi connectivity index (χ2n) is 3.60. The molecule has 0 saturated heterocycles. The maximum absolute atomic E-state index is 11.7. The Balaban J connectivity index is 2.00. The number of anilines is 1. The normalized spacial score (nSPS) is 9.53. The fourth-order valence-electron chi connectivity index (χ4n) is 1.42. The van der Waals surface area contributed by atoms with Gasteiger partial charge in [0.05, 0.1) is 0 Å². The van der Waals surface area contributed by atoms with Crippen molar-refractivity contribution in [3.8, 4) is 11.8 Å². The molecular weight excluding hydrogens is 246 g/mol. The third-order valence-electron chi connectivity index (χ3n) is 2.16.